The van der Waals surface area contributed by atoms with Gasteiger partial charge in [-0.3, -0.25) is 4.79 Å². The van der Waals surface area contributed by atoms with Gasteiger partial charge in [0.25, 0.3) is 0 Å². The van der Waals surface area contributed by atoms with E-state index < -0.39 is 47.9 Å². The summed E-state index contributed by atoms with van der Waals surface area (Å²) < 4.78 is 16.0. The van der Waals surface area contributed by atoms with Gasteiger partial charge >= 0.3 is 5.97 Å². The summed E-state index contributed by atoms with van der Waals surface area (Å²) in [6, 6.07) is 6.68. The Morgan fingerprint density at radius 1 is 0.909 bits per heavy atom. The predicted octanol–water partition coefficient (Wildman–Crippen LogP) is -0.152. The van der Waals surface area contributed by atoms with Crippen molar-refractivity contribution in [2.75, 3.05) is 0 Å². The van der Waals surface area contributed by atoms with Gasteiger partial charge in [0, 0.05) is 18.2 Å². The molecule has 1 fully saturated rings. The smallest absolute Gasteiger partial charge is 0.335 e. The molecule has 0 amide bonds. The van der Waals surface area contributed by atoms with E-state index in [2.05, 4.69) is 0 Å². The van der Waals surface area contributed by atoms with Crippen LogP contribution in [0.3, 0.4) is 0 Å². The monoisotopic (exact) mass is 462 g/mol. The summed E-state index contributed by atoms with van der Waals surface area (Å²) in [6.45, 7) is 0. The molecule has 5 atom stereocenters. The standard InChI is InChI=1S/C21H18O12/c22-7-1-2-10(23)9(3-7)13-6-12(25)15-11(24)4-8(5-14(15)32-13)31-21-18(28)16(26)17(27)19(33-21)20(29)30/h1-6,16-19,21-24,26-28H,(H,29,30)/t16-,17-,18+,19-,21+/m1/s1. The number of carboxylic acid groups (broad SMARTS) is 1. The fourth-order valence-corrected chi connectivity index (χ4v) is 3.45. The van der Waals surface area contributed by atoms with Gasteiger partial charge in [-0.1, -0.05) is 0 Å². The van der Waals surface area contributed by atoms with Crippen molar-refractivity contribution in [1.82, 2.24) is 0 Å². The van der Waals surface area contributed by atoms with E-state index in [4.69, 9.17) is 19.0 Å². The Balaban J connectivity index is 1.74. The number of carboxylic acids is 1. The number of aliphatic hydroxyl groups excluding tert-OH is 3. The molecule has 0 radical (unpaired) electrons. The summed E-state index contributed by atoms with van der Waals surface area (Å²) in [5.41, 5.74) is -0.903. The van der Waals surface area contributed by atoms with Crippen LogP contribution in [0.2, 0.25) is 0 Å². The highest BCUT2D eigenvalue weighted by atomic mass is 16.7. The quantitative estimate of drug-likeness (QED) is 0.253. The molecule has 7 N–H and O–H groups in total. The number of aliphatic hydroxyl groups is 3. The molecule has 1 aromatic heterocycles. The Morgan fingerprint density at radius 2 is 1.64 bits per heavy atom. The number of hydrogen-bond donors (Lipinski definition) is 7. The molecule has 0 saturated carbocycles. The second-order valence-electron chi connectivity index (χ2n) is 7.34. The number of hydrogen-bond acceptors (Lipinski definition) is 11. The van der Waals surface area contributed by atoms with Crippen LogP contribution in [0.4, 0.5) is 0 Å². The molecule has 0 unspecified atom stereocenters. The minimum absolute atomic E-state index is 0.00717. The van der Waals surface area contributed by atoms with Crippen molar-refractivity contribution in [3.05, 3.63) is 46.6 Å². The molecular weight excluding hydrogens is 444 g/mol. The number of carbonyl (C=O) groups is 1. The van der Waals surface area contributed by atoms with Crippen molar-refractivity contribution in [2.24, 2.45) is 0 Å². The van der Waals surface area contributed by atoms with Gasteiger partial charge in [-0.25, -0.2) is 4.79 Å². The molecule has 0 bridgehead atoms. The zero-order valence-electron chi connectivity index (χ0n) is 16.5. The van der Waals surface area contributed by atoms with Gasteiger partial charge in [-0.2, -0.15) is 0 Å². The molecule has 12 heteroatoms. The summed E-state index contributed by atoms with van der Waals surface area (Å²) in [7, 11) is 0. The first-order valence-electron chi connectivity index (χ1n) is 9.49. The molecule has 33 heavy (non-hydrogen) atoms. The van der Waals surface area contributed by atoms with Crippen molar-refractivity contribution in [2.45, 2.75) is 30.7 Å². The van der Waals surface area contributed by atoms with Crippen molar-refractivity contribution in [3.8, 4) is 34.3 Å². The number of ether oxygens (including phenoxy) is 2. The van der Waals surface area contributed by atoms with Gasteiger partial charge in [-0.15, -0.1) is 0 Å². The molecule has 174 valence electrons. The van der Waals surface area contributed by atoms with Crippen LogP contribution in [0, 0.1) is 0 Å². The highest BCUT2D eigenvalue weighted by Gasteiger charge is 2.48. The lowest BCUT2D eigenvalue weighted by atomic mass is 9.99. The summed E-state index contributed by atoms with van der Waals surface area (Å²) >= 11 is 0. The lowest BCUT2D eigenvalue weighted by molar-refractivity contribution is -0.271. The normalized spacial score (nSPS) is 25.1. The number of fused-ring (bicyclic) bond motifs is 1. The van der Waals surface area contributed by atoms with E-state index in [-0.39, 0.29) is 39.5 Å². The number of phenolic OH excluding ortho intramolecular Hbond substituents is 3. The van der Waals surface area contributed by atoms with Gasteiger partial charge in [0.05, 0.1) is 5.56 Å². The molecule has 12 nitrogen and oxygen atoms in total. The Hall–Kier alpha value is -3.84. The fourth-order valence-electron chi connectivity index (χ4n) is 3.45. The van der Waals surface area contributed by atoms with Crippen molar-refractivity contribution >= 4 is 16.9 Å². The lowest BCUT2D eigenvalue weighted by Gasteiger charge is -2.38. The SMILES string of the molecule is O=C(O)[C@@H]1O[C@H](Oc2cc(O)c3c(=O)cc(-c4cc(O)ccc4O)oc3c2)[C@@H](O)[C@H](O)[C@H]1O. The molecular formula is C21H18O12. The largest absolute Gasteiger partial charge is 0.508 e. The van der Waals surface area contributed by atoms with Gasteiger partial charge in [0.15, 0.2) is 11.5 Å². The van der Waals surface area contributed by atoms with Crippen LogP contribution in [-0.4, -0.2) is 72.4 Å². The van der Waals surface area contributed by atoms with E-state index in [0.29, 0.717) is 0 Å². The van der Waals surface area contributed by atoms with Gasteiger partial charge < -0.3 is 49.6 Å². The Morgan fingerprint density at radius 3 is 2.33 bits per heavy atom. The number of aromatic hydroxyl groups is 3. The molecule has 2 heterocycles. The molecule has 0 spiro atoms. The Bertz CT molecular complexity index is 1280. The fraction of sp³-hybridized carbons (Fsp3) is 0.238. The first kappa shape index (κ1) is 22.4. The van der Waals surface area contributed by atoms with Gasteiger partial charge in [-0.05, 0) is 18.2 Å². The van der Waals surface area contributed by atoms with Crippen LogP contribution in [-0.2, 0) is 9.53 Å². The van der Waals surface area contributed by atoms with Crippen LogP contribution < -0.4 is 10.2 Å². The maximum Gasteiger partial charge on any atom is 0.335 e. The third kappa shape index (κ3) is 4.03. The third-order valence-corrected chi connectivity index (χ3v) is 5.09. The van der Waals surface area contributed by atoms with E-state index in [1.807, 2.05) is 0 Å². The van der Waals surface area contributed by atoms with Crippen LogP contribution in [0.25, 0.3) is 22.3 Å². The van der Waals surface area contributed by atoms with Crippen molar-refractivity contribution in [1.29, 1.82) is 0 Å². The van der Waals surface area contributed by atoms with E-state index in [1.54, 1.807) is 0 Å². The lowest BCUT2D eigenvalue weighted by Crippen LogP contribution is -2.61. The number of aliphatic carboxylic acids is 1. The highest BCUT2D eigenvalue weighted by Crippen LogP contribution is 2.36. The molecule has 1 aliphatic heterocycles. The van der Waals surface area contributed by atoms with Crippen LogP contribution in [0.1, 0.15) is 0 Å². The van der Waals surface area contributed by atoms with E-state index in [1.165, 1.54) is 12.1 Å². The topological polar surface area (TPSA) is 207 Å². The average Bonchev–Trinajstić information content (AvgIpc) is 2.75. The average molecular weight is 462 g/mol. The number of benzene rings is 2. The minimum atomic E-state index is -1.92. The van der Waals surface area contributed by atoms with Crippen LogP contribution in [0.15, 0.2) is 45.6 Å². The summed E-state index contributed by atoms with van der Waals surface area (Å²) in [6.07, 6.45) is -9.34. The van der Waals surface area contributed by atoms with Crippen molar-refractivity contribution < 1.29 is 54.4 Å². The molecule has 1 saturated heterocycles. The zero-order valence-corrected chi connectivity index (χ0v) is 16.5. The van der Waals surface area contributed by atoms with Gasteiger partial charge in [0.1, 0.15) is 58.0 Å². The Kier molecular flexibility index (Phi) is 5.59. The zero-order chi connectivity index (χ0) is 24.0. The molecule has 3 aromatic rings. The van der Waals surface area contributed by atoms with Crippen LogP contribution >= 0.6 is 0 Å². The molecule has 0 aliphatic carbocycles. The maximum atomic E-state index is 12.5. The minimum Gasteiger partial charge on any atom is -0.508 e. The second kappa shape index (κ2) is 8.26. The molecule has 4 rings (SSSR count). The van der Waals surface area contributed by atoms with Crippen molar-refractivity contribution in [3.63, 3.8) is 0 Å². The summed E-state index contributed by atoms with van der Waals surface area (Å²) in [5, 5.41) is 68.7. The maximum absolute atomic E-state index is 12.5. The highest BCUT2D eigenvalue weighted by molar-refractivity contribution is 5.86. The molecule has 2 aromatic carbocycles. The predicted molar refractivity (Wildman–Crippen MR) is 108 cm³/mol. The first-order chi connectivity index (χ1) is 15.6. The Labute approximate surface area is 183 Å². The number of rotatable bonds is 4. The van der Waals surface area contributed by atoms with E-state index in [0.717, 1.165) is 24.3 Å². The van der Waals surface area contributed by atoms with E-state index >= 15 is 0 Å². The summed E-state index contributed by atoms with van der Waals surface area (Å²) in [4.78, 5) is 23.8. The first-order valence-corrected chi connectivity index (χ1v) is 9.49. The third-order valence-electron chi connectivity index (χ3n) is 5.09. The number of phenols is 3. The summed E-state index contributed by atoms with van der Waals surface area (Å²) in [5.74, 6) is -3.07. The van der Waals surface area contributed by atoms with Gasteiger partial charge in [0.2, 0.25) is 6.29 Å². The van der Waals surface area contributed by atoms with E-state index in [9.17, 15) is 40.2 Å². The second-order valence-corrected chi connectivity index (χ2v) is 7.34. The van der Waals surface area contributed by atoms with Crippen LogP contribution in [0.5, 0.6) is 23.0 Å². The molecule has 1 aliphatic rings.